The highest BCUT2D eigenvalue weighted by atomic mass is 35.5. The molecule has 1 aromatic rings. The molecule has 4 nitrogen and oxygen atoms in total. The van der Waals surface area contributed by atoms with E-state index in [2.05, 4.69) is 10.1 Å². The first kappa shape index (κ1) is 14.5. The summed E-state index contributed by atoms with van der Waals surface area (Å²) in [5, 5.41) is 2.57. The number of hydrogen-bond donors (Lipinski definition) is 1. The summed E-state index contributed by atoms with van der Waals surface area (Å²) in [4.78, 5) is 22.5. The van der Waals surface area contributed by atoms with Crippen molar-refractivity contribution in [2.24, 2.45) is 0 Å². The molecular weight excluding hydrogens is 254 g/mol. The van der Waals surface area contributed by atoms with E-state index in [0.29, 0.717) is 12.3 Å². The molecule has 1 aromatic carbocycles. The lowest BCUT2D eigenvalue weighted by Gasteiger charge is -2.15. The maximum Gasteiger partial charge on any atom is 0.328 e. The van der Waals surface area contributed by atoms with Gasteiger partial charge < -0.3 is 10.1 Å². The van der Waals surface area contributed by atoms with Crippen LogP contribution in [0.3, 0.4) is 0 Å². The van der Waals surface area contributed by atoms with Crippen LogP contribution in [0.4, 0.5) is 0 Å². The molecule has 0 aliphatic heterocycles. The molecule has 0 spiro atoms. The van der Waals surface area contributed by atoms with Crippen LogP contribution in [0.25, 0.3) is 0 Å². The first-order valence-corrected chi connectivity index (χ1v) is 6.09. The molecule has 0 heterocycles. The Balaban J connectivity index is 2.75. The van der Waals surface area contributed by atoms with Gasteiger partial charge in [-0.2, -0.15) is 0 Å². The molecule has 1 amide bonds. The largest absolute Gasteiger partial charge is 0.467 e. The lowest BCUT2D eigenvalue weighted by molar-refractivity contribution is -0.144. The summed E-state index contributed by atoms with van der Waals surface area (Å²) in [6, 6.07) is 6.90. The zero-order valence-corrected chi connectivity index (χ0v) is 11.2. The quantitative estimate of drug-likeness (QED) is 0.653. The minimum atomic E-state index is -0.658. The molecular formula is C13H16ClNO3. The van der Waals surface area contributed by atoms with Gasteiger partial charge in [0.25, 0.3) is 0 Å². The Kier molecular flexibility index (Phi) is 5.65. The van der Waals surface area contributed by atoms with E-state index in [0.717, 1.165) is 11.1 Å². The summed E-state index contributed by atoms with van der Waals surface area (Å²) in [5.41, 5.74) is 1.95. The minimum absolute atomic E-state index is 0.261. The smallest absolute Gasteiger partial charge is 0.328 e. The van der Waals surface area contributed by atoms with Crippen molar-refractivity contribution in [1.29, 1.82) is 0 Å². The average Bonchev–Trinajstić information content (AvgIpc) is 2.37. The Hall–Kier alpha value is -1.55. The minimum Gasteiger partial charge on any atom is -0.467 e. The lowest BCUT2D eigenvalue weighted by atomic mass is 10.0. The van der Waals surface area contributed by atoms with Crippen molar-refractivity contribution in [3.05, 3.63) is 35.4 Å². The van der Waals surface area contributed by atoms with Crippen LogP contribution in [0.1, 0.15) is 18.1 Å². The highest BCUT2D eigenvalue weighted by Gasteiger charge is 2.20. The van der Waals surface area contributed by atoms with Crippen molar-refractivity contribution in [2.45, 2.75) is 25.3 Å². The summed E-state index contributed by atoms with van der Waals surface area (Å²) < 4.78 is 4.66. The first-order chi connectivity index (χ1) is 8.56. The Labute approximate surface area is 111 Å². The van der Waals surface area contributed by atoms with Gasteiger partial charge in [0.1, 0.15) is 6.04 Å². The van der Waals surface area contributed by atoms with Crippen LogP contribution in [0.2, 0.25) is 0 Å². The van der Waals surface area contributed by atoms with Gasteiger partial charge in [-0.3, -0.25) is 4.79 Å². The van der Waals surface area contributed by atoms with Crippen molar-refractivity contribution in [3.8, 4) is 0 Å². The maximum atomic E-state index is 11.5. The second-order valence-electron chi connectivity index (χ2n) is 3.93. The van der Waals surface area contributed by atoms with E-state index in [1.54, 1.807) is 0 Å². The maximum absolute atomic E-state index is 11.5. The van der Waals surface area contributed by atoms with E-state index < -0.39 is 12.0 Å². The van der Waals surface area contributed by atoms with Gasteiger partial charge in [0, 0.05) is 19.2 Å². The predicted molar refractivity (Wildman–Crippen MR) is 69.3 cm³/mol. The number of ether oxygens (including phenoxy) is 1. The van der Waals surface area contributed by atoms with Gasteiger partial charge in [0.2, 0.25) is 5.91 Å². The fourth-order valence-electron chi connectivity index (χ4n) is 1.58. The summed E-state index contributed by atoms with van der Waals surface area (Å²) in [6.45, 7) is 1.37. The summed E-state index contributed by atoms with van der Waals surface area (Å²) in [5.74, 6) is -0.263. The topological polar surface area (TPSA) is 55.4 Å². The van der Waals surface area contributed by atoms with Crippen LogP contribution in [0.5, 0.6) is 0 Å². The third kappa shape index (κ3) is 4.37. The summed E-state index contributed by atoms with van der Waals surface area (Å²) in [6.07, 6.45) is 0.398. The number of amides is 1. The normalized spacial score (nSPS) is 11.7. The molecule has 18 heavy (non-hydrogen) atoms. The van der Waals surface area contributed by atoms with Crippen molar-refractivity contribution in [2.75, 3.05) is 7.11 Å². The van der Waals surface area contributed by atoms with Crippen LogP contribution < -0.4 is 5.32 Å². The molecule has 0 fully saturated rings. The number of carbonyl (C=O) groups excluding carboxylic acids is 2. The third-order valence-corrected chi connectivity index (χ3v) is 2.79. The van der Waals surface area contributed by atoms with Crippen molar-refractivity contribution < 1.29 is 14.3 Å². The van der Waals surface area contributed by atoms with E-state index in [4.69, 9.17) is 11.6 Å². The molecule has 0 radical (unpaired) electrons. The molecule has 0 unspecified atom stereocenters. The van der Waals surface area contributed by atoms with Gasteiger partial charge >= 0.3 is 5.97 Å². The summed E-state index contributed by atoms with van der Waals surface area (Å²) >= 11 is 5.70. The number of rotatable bonds is 5. The predicted octanol–water partition coefficient (Wildman–Crippen LogP) is 1.65. The van der Waals surface area contributed by atoms with Crippen LogP contribution in [0.15, 0.2) is 24.3 Å². The molecule has 0 bridgehead atoms. The van der Waals surface area contributed by atoms with Crippen molar-refractivity contribution in [3.63, 3.8) is 0 Å². The Bertz CT molecular complexity index is 417. The highest BCUT2D eigenvalue weighted by Crippen LogP contribution is 2.09. The molecule has 1 rings (SSSR count). The number of carbonyl (C=O) groups is 2. The van der Waals surface area contributed by atoms with Crippen LogP contribution in [-0.4, -0.2) is 25.0 Å². The SMILES string of the molecule is COC(=O)[C@@H](Cc1ccc(CCl)cc1)NC(C)=O. The fraction of sp³-hybridized carbons (Fsp3) is 0.385. The highest BCUT2D eigenvalue weighted by molar-refractivity contribution is 6.17. The number of esters is 1. The van der Waals surface area contributed by atoms with Gasteiger partial charge in [0.15, 0.2) is 0 Å². The zero-order chi connectivity index (χ0) is 13.5. The van der Waals surface area contributed by atoms with Crippen LogP contribution in [0, 0.1) is 0 Å². The number of halogens is 1. The molecule has 1 atom stereocenters. The van der Waals surface area contributed by atoms with Gasteiger partial charge in [-0.1, -0.05) is 24.3 Å². The van der Waals surface area contributed by atoms with E-state index in [-0.39, 0.29) is 5.91 Å². The number of methoxy groups -OCH3 is 1. The molecule has 98 valence electrons. The second-order valence-corrected chi connectivity index (χ2v) is 4.20. The monoisotopic (exact) mass is 269 g/mol. The molecule has 0 saturated heterocycles. The summed E-state index contributed by atoms with van der Waals surface area (Å²) in [7, 11) is 1.30. The zero-order valence-electron chi connectivity index (χ0n) is 10.4. The molecule has 5 heteroatoms. The molecule has 0 aromatic heterocycles. The van der Waals surface area contributed by atoms with Gasteiger partial charge in [0.05, 0.1) is 7.11 Å². The van der Waals surface area contributed by atoms with Crippen molar-refractivity contribution in [1.82, 2.24) is 5.32 Å². The first-order valence-electron chi connectivity index (χ1n) is 5.55. The molecule has 0 aliphatic carbocycles. The number of alkyl halides is 1. The fourth-order valence-corrected chi connectivity index (χ4v) is 1.76. The second kappa shape index (κ2) is 7.01. The lowest BCUT2D eigenvalue weighted by Crippen LogP contribution is -2.41. The van der Waals surface area contributed by atoms with Crippen LogP contribution >= 0.6 is 11.6 Å². The third-order valence-electron chi connectivity index (χ3n) is 2.48. The van der Waals surface area contributed by atoms with E-state index in [1.165, 1.54) is 14.0 Å². The number of hydrogen-bond acceptors (Lipinski definition) is 3. The average molecular weight is 270 g/mol. The number of nitrogens with one attached hydrogen (secondary N) is 1. The van der Waals surface area contributed by atoms with Crippen LogP contribution in [-0.2, 0) is 26.6 Å². The van der Waals surface area contributed by atoms with Crippen molar-refractivity contribution >= 4 is 23.5 Å². The van der Waals surface area contributed by atoms with Gasteiger partial charge in [-0.25, -0.2) is 4.79 Å². The standard InChI is InChI=1S/C13H16ClNO3/c1-9(16)15-12(13(17)18-2)7-10-3-5-11(8-14)6-4-10/h3-6,12H,7-8H2,1-2H3,(H,15,16)/t12-/m1/s1. The van der Waals surface area contributed by atoms with E-state index in [1.807, 2.05) is 24.3 Å². The van der Waals surface area contributed by atoms with E-state index in [9.17, 15) is 9.59 Å². The van der Waals surface area contributed by atoms with E-state index >= 15 is 0 Å². The molecule has 0 saturated carbocycles. The Morgan fingerprint density at radius 1 is 1.28 bits per heavy atom. The Morgan fingerprint density at radius 2 is 1.83 bits per heavy atom. The number of benzene rings is 1. The Morgan fingerprint density at radius 3 is 2.28 bits per heavy atom. The molecule has 0 aliphatic rings. The molecule has 1 N–H and O–H groups in total. The van der Waals surface area contributed by atoms with Gasteiger partial charge in [-0.05, 0) is 11.1 Å². The van der Waals surface area contributed by atoms with Gasteiger partial charge in [-0.15, -0.1) is 11.6 Å².